The summed E-state index contributed by atoms with van der Waals surface area (Å²) in [5, 5.41) is 14.2. The molecule has 1 N–H and O–H groups in total. The summed E-state index contributed by atoms with van der Waals surface area (Å²) in [6, 6.07) is 1.88. The van der Waals surface area contributed by atoms with E-state index in [1.54, 1.807) is 4.90 Å². The Kier molecular flexibility index (Phi) is 4.40. The lowest BCUT2D eigenvalue weighted by Gasteiger charge is -2.36. The van der Waals surface area contributed by atoms with Crippen LogP contribution in [0.3, 0.4) is 0 Å². The van der Waals surface area contributed by atoms with E-state index in [0.717, 1.165) is 24.2 Å². The van der Waals surface area contributed by atoms with E-state index in [0.29, 0.717) is 35.4 Å². The number of rotatable bonds is 4. The maximum atomic E-state index is 13.5. The van der Waals surface area contributed by atoms with Crippen LogP contribution >= 0.6 is 0 Å². The zero-order valence-corrected chi connectivity index (χ0v) is 15.9. The number of carbonyl (C=O) groups excluding carboxylic acids is 1. The third-order valence-corrected chi connectivity index (χ3v) is 5.76. The fourth-order valence-electron chi connectivity index (χ4n) is 3.89. The van der Waals surface area contributed by atoms with Gasteiger partial charge in [0.25, 0.3) is 11.6 Å². The Morgan fingerprint density at radius 3 is 2.63 bits per heavy atom. The van der Waals surface area contributed by atoms with Gasteiger partial charge in [0, 0.05) is 24.2 Å². The molecular formula is C20H25N3O4. The fourth-order valence-corrected chi connectivity index (χ4v) is 3.89. The minimum absolute atomic E-state index is 0.00282. The number of carboxylic acids is 1. The summed E-state index contributed by atoms with van der Waals surface area (Å²) < 4.78 is 5.47. The van der Waals surface area contributed by atoms with E-state index < -0.39 is 11.9 Å². The lowest BCUT2D eigenvalue weighted by atomic mass is 9.92. The zero-order chi connectivity index (χ0) is 19.3. The summed E-state index contributed by atoms with van der Waals surface area (Å²) in [7, 11) is 0. The summed E-state index contributed by atoms with van der Waals surface area (Å²) >= 11 is 0. The minimum atomic E-state index is -0.842. The van der Waals surface area contributed by atoms with Gasteiger partial charge in [-0.1, -0.05) is 19.0 Å². The topological polar surface area (TPSA) is 96.5 Å². The van der Waals surface area contributed by atoms with Gasteiger partial charge in [0.05, 0.1) is 22.6 Å². The molecule has 4 rings (SSSR count). The number of hydrogen-bond acceptors (Lipinski definition) is 5. The number of fused-ring (bicyclic) bond motifs is 1. The smallest absolute Gasteiger partial charge is 0.308 e. The van der Waals surface area contributed by atoms with Gasteiger partial charge < -0.3 is 14.5 Å². The van der Waals surface area contributed by atoms with Gasteiger partial charge in [-0.3, -0.25) is 9.59 Å². The second kappa shape index (κ2) is 6.62. The van der Waals surface area contributed by atoms with Crippen molar-refractivity contribution < 1.29 is 19.2 Å². The number of piperidine rings is 1. The first-order valence-corrected chi connectivity index (χ1v) is 9.70. The number of amides is 1. The molecule has 7 nitrogen and oxygen atoms in total. The number of hydrogen-bond donors (Lipinski definition) is 1. The molecule has 2 fully saturated rings. The van der Waals surface area contributed by atoms with Crippen molar-refractivity contribution in [2.75, 3.05) is 6.54 Å². The highest BCUT2D eigenvalue weighted by atomic mass is 16.5. The lowest BCUT2D eigenvalue weighted by Crippen LogP contribution is -2.47. The van der Waals surface area contributed by atoms with Gasteiger partial charge >= 0.3 is 5.97 Å². The third kappa shape index (κ3) is 3.19. The molecule has 1 aliphatic carbocycles. The van der Waals surface area contributed by atoms with Gasteiger partial charge in [-0.15, -0.1) is 0 Å². The fraction of sp³-hybridized carbons (Fsp3) is 0.600. The average Bonchev–Trinajstić information content (AvgIpc) is 3.39. The van der Waals surface area contributed by atoms with E-state index in [1.165, 1.54) is 0 Å². The number of nitrogens with zero attached hydrogens (tertiary/aromatic N) is 3. The van der Waals surface area contributed by atoms with E-state index in [9.17, 15) is 14.7 Å². The summed E-state index contributed by atoms with van der Waals surface area (Å²) in [5.74, 6) is -1.03. The maximum Gasteiger partial charge on any atom is 0.308 e. The molecule has 0 bridgehead atoms. The third-order valence-electron chi connectivity index (χ3n) is 5.76. The van der Waals surface area contributed by atoms with Crippen LogP contribution in [0.4, 0.5) is 0 Å². The number of carbonyl (C=O) groups is 2. The quantitative estimate of drug-likeness (QED) is 0.883. The molecule has 0 spiro atoms. The van der Waals surface area contributed by atoms with Crippen LogP contribution in [0.1, 0.15) is 80.0 Å². The molecule has 0 aromatic carbocycles. The van der Waals surface area contributed by atoms with Crippen molar-refractivity contribution in [3.05, 3.63) is 23.0 Å². The van der Waals surface area contributed by atoms with Gasteiger partial charge in [0.2, 0.25) is 0 Å². The summed E-state index contributed by atoms with van der Waals surface area (Å²) in [6.45, 7) is 6.22. The van der Waals surface area contributed by atoms with Gasteiger partial charge in [-0.2, -0.15) is 0 Å². The molecule has 2 atom stereocenters. The Labute approximate surface area is 157 Å². The number of aromatic nitrogens is 2. The molecule has 1 saturated carbocycles. The van der Waals surface area contributed by atoms with E-state index in [4.69, 9.17) is 4.52 Å². The number of carboxylic acid groups (broad SMARTS) is 1. The standard InChI is InChI=1S/C20H25N3O4/c1-10(2)17-16-14(8-15(12-6-7-12)21-18(16)27-22-17)19(24)23-9-13(20(25)26)5-4-11(23)3/h8,10-13H,4-7,9H2,1-3H3,(H,25,26). The molecule has 7 heteroatoms. The normalized spacial score (nSPS) is 23.2. The van der Waals surface area contributed by atoms with E-state index in [2.05, 4.69) is 10.1 Å². The molecule has 1 aliphatic heterocycles. The summed E-state index contributed by atoms with van der Waals surface area (Å²) in [6.07, 6.45) is 3.42. The first kappa shape index (κ1) is 17.9. The maximum absolute atomic E-state index is 13.5. The van der Waals surface area contributed by atoms with Crippen molar-refractivity contribution in [3.63, 3.8) is 0 Å². The molecule has 2 aliphatic rings. The first-order chi connectivity index (χ1) is 12.9. The van der Waals surface area contributed by atoms with Crippen molar-refractivity contribution in [1.29, 1.82) is 0 Å². The van der Waals surface area contributed by atoms with Gasteiger partial charge in [-0.05, 0) is 44.6 Å². The predicted molar refractivity (Wildman–Crippen MR) is 98.7 cm³/mol. The SMILES string of the molecule is CC(C)c1noc2nc(C3CC3)cc(C(=O)N3CC(C(=O)O)CCC3C)c12. The second-order valence-electron chi connectivity index (χ2n) is 8.19. The largest absolute Gasteiger partial charge is 0.481 e. The Morgan fingerprint density at radius 1 is 1.26 bits per heavy atom. The lowest BCUT2D eigenvalue weighted by molar-refractivity contribution is -0.143. The molecule has 2 unspecified atom stereocenters. The molecule has 1 amide bonds. The highest BCUT2D eigenvalue weighted by Gasteiger charge is 2.36. The molecular weight excluding hydrogens is 346 g/mol. The van der Waals surface area contributed by atoms with Crippen LogP contribution in [0, 0.1) is 5.92 Å². The van der Waals surface area contributed by atoms with Crippen LogP contribution in [-0.2, 0) is 4.79 Å². The molecule has 27 heavy (non-hydrogen) atoms. The van der Waals surface area contributed by atoms with Crippen LogP contribution in [0.5, 0.6) is 0 Å². The summed E-state index contributed by atoms with van der Waals surface area (Å²) in [4.78, 5) is 31.3. The second-order valence-corrected chi connectivity index (χ2v) is 8.19. The van der Waals surface area contributed by atoms with Gasteiger partial charge in [-0.25, -0.2) is 4.98 Å². The monoisotopic (exact) mass is 371 g/mol. The molecule has 2 aromatic rings. The molecule has 0 radical (unpaired) electrons. The van der Waals surface area contributed by atoms with Crippen LogP contribution in [0.25, 0.3) is 11.1 Å². The Balaban J connectivity index is 1.79. The van der Waals surface area contributed by atoms with Crippen molar-refractivity contribution in [2.24, 2.45) is 5.92 Å². The van der Waals surface area contributed by atoms with Crippen LogP contribution in [-0.4, -0.2) is 44.6 Å². The van der Waals surface area contributed by atoms with Crippen LogP contribution in [0.2, 0.25) is 0 Å². The number of aliphatic carboxylic acids is 1. The minimum Gasteiger partial charge on any atom is -0.481 e. The van der Waals surface area contributed by atoms with Crippen LogP contribution in [0.15, 0.2) is 10.6 Å². The average molecular weight is 371 g/mol. The number of likely N-dealkylation sites (tertiary alicyclic amines) is 1. The predicted octanol–water partition coefficient (Wildman–Crippen LogP) is 3.55. The van der Waals surface area contributed by atoms with Crippen molar-refractivity contribution in [1.82, 2.24) is 15.0 Å². The molecule has 2 aromatic heterocycles. The van der Waals surface area contributed by atoms with Crippen LogP contribution < -0.4 is 0 Å². The highest BCUT2D eigenvalue weighted by Crippen LogP contribution is 2.41. The van der Waals surface area contributed by atoms with E-state index >= 15 is 0 Å². The molecule has 3 heterocycles. The highest BCUT2D eigenvalue weighted by molar-refractivity contribution is 6.06. The Hall–Kier alpha value is -2.44. The van der Waals surface area contributed by atoms with Crippen molar-refractivity contribution >= 4 is 23.0 Å². The van der Waals surface area contributed by atoms with Crippen molar-refractivity contribution in [3.8, 4) is 0 Å². The number of pyridine rings is 1. The Bertz CT molecular complexity index is 900. The molecule has 1 saturated heterocycles. The van der Waals surface area contributed by atoms with Gasteiger partial charge in [0.15, 0.2) is 0 Å². The van der Waals surface area contributed by atoms with E-state index in [1.807, 2.05) is 26.8 Å². The molecule has 144 valence electrons. The summed E-state index contributed by atoms with van der Waals surface area (Å²) in [5.41, 5.74) is 2.55. The van der Waals surface area contributed by atoms with Gasteiger partial charge in [0.1, 0.15) is 0 Å². The van der Waals surface area contributed by atoms with E-state index in [-0.39, 0.29) is 24.4 Å². The first-order valence-electron chi connectivity index (χ1n) is 9.70. The zero-order valence-electron chi connectivity index (χ0n) is 15.9. The Morgan fingerprint density at radius 2 is 2.00 bits per heavy atom. The van der Waals surface area contributed by atoms with Crippen molar-refractivity contribution in [2.45, 2.75) is 64.3 Å².